The molecule has 0 radical (unpaired) electrons. The highest BCUT2D eigenvalue weighted by molar-refractivity contribution is 7.92. The average molecular weight is 332 g/mol. The second kappa shape index (κ2) is 6.83. The van der Waals surface area contributed by atoms with Gasteiger partial charge in [-0.3, -0.25) is 9.10 Å². The van der Waals surface area contributed by atoms with Crippen molar-refractivity contribution in [3.63, 3.8) is 0 Å². The molecule has 0 aliphatic heterocycles. The summed E-state index contributed by atoms with van der Waals surface area (Å²) in [5.74, 6) is -0.155. The Morgan fingerprint density at radius 3 is 2.26 bits per heavy atom. The van der Waals surface area contributed by atoms with Gasteiger partial charge in [0.2, 0.25) is 10.0 Å². The van der Waals surface area contributed by atoms with Gasteiger partial charge < -0.3 is 4.90 Å². The monoisotopic (exact) mass is 332 g/mol. The molecule has 2 aromatic carbocycles. The van der Waals surface area contributed by atoms with Gasteiger partial charge in [0.25, 0.3) is 5.91 Å². The highest BCUT2D eigenvalue weighted by atomic mass is 32.2. The number of nitrogens with zero attached hydrogens (tertiary/aromatic N) is 2. The highest BCUT2D eigenvalue weighted by Crippen LogP contribution is 2.18. The van der Waals surface area contributed by atoms with E-state index in [0.29, 0.717) is 17.8 Å². The SMILES string of the molecule is CN(Cc1ccccc1)C(=O)c1cccc(N(C)S(C)(=O)=O)c1. The van der Waals surface area contributed by atoms with Crippen LogP contribution in [0.4, 0.5) is 5.69 Å². The van der Waals surface area contributed by atoms with Crippen LogP contribution in [0.3, 0.4) is 0 Å². The van der Waals surface area contributed by atoms with E-state index in [4.69, 9.17) is 0 Å². The zero-order valence-corrected chi connectivity index (χ0v) is 14.2. The van der Waals surface area contributed by atoms with Crippen molar-refractivity contribution in [2.24, 2.45) is 0 Å². The van der Waals surface area contributed by atoms with Crippen LogP contribution in [0, 0.1) is 0 Å². The van der Waals surface area contributed by atoms with Gasteiger partial charge in [-0.05, 0) is 23.8 Å². The van der Waals surface area contributed by atoms with E-state index in [-0.39, 0.29) is 5.91 Å². The van der Waals surface area contributed by atoms with E-state index in [1.807, 2.05) is 30.3 Å². The quantitative estimate of drug-likeness (QED) is 0.844. The minimum Gasteiger partial charge on any atom is -0.337 e. The van der Waals surface area contributed by atoms with Gasteiger partial charge in [-0.2, -0.15) is 0 Å². The molecule has 1 amide bonds. The van der Waals surface area contributed by atoms with Gasteiger partial charge >= 0.3 is 0 Å². The van der Waals surface area contributed by atoms with Gasteiger partial charge in [-0.25, -0.2) is 8.42 Å². The molecule has 0 aliphatic carbocycles. The normalized spacial score (nSPS) is 11.1. The predicted molar refractivity (Wildman–Crippen MR) is 91.9 cm³/mol. The first-order chi connectivity index (χ1) is 10.8. The molecule has 0 N–H and O–H groups in total. The average Bonchev–Trinajstić information content (AvgIpc) is 2.53. The van der Waals surface area contributed by atoms with Crippen LogP contribution in [0.15, 0.2) is 54.6 Å². The zero-order chi connectivity index (χ0) is 17.0. The maximum atomic E-state index is 12.5. The van der Waals surface area contributed by atoms with Crippen molar-refractivity contribution in [2.45, 2.75) is 6.54 Å². The molecular weight excluding hydrogens is 312 g/mol. The van der Waals surface area contributed by atoms with E-state index in [9.17, 15) is 13.2 Å². The van der Waals surface area contributed by atoms with Gasteiger partial charge in [0.05, 0.1) is 11.9 Å². The third kappa shape index (κ3) is 4.32. The third-order valence-electron chi connectivity index (χ3n) is 3.56. The summed E-state index contributed by atoms with van der Waals surface area (Å²) in [7, 11) is -0.169. The van der Waals surface area contributed by atoms with E-state index >= 15 is 0 Å². The van der Waals surface area contributed by atoms with Crippen LogP contribution in [0.2, 0.25) is 0 Å². The number of anilines is 1. The van der Waals surface area contributed by atoms with Crippen molar-refractivity contribution in [1.29, 1.82) is 0 Å². The molecule has 2 aromatic rings. The lowest BCUT2D eigenvalue weighted by molar-refractivity contribution is 0.0785. The minimum atomic E-state index is -3.36. The first kappa shape index (κ1) is 17.0. The largest absolute Gasteiger partial charge is 0.337 e. The summed E-state index contributed by atoms with van der Waals surface area (Å²) in [6.07, 6.45) is 1.13. The molecular formula is C17H20N2O3S. The van der Waals surface area contributed by atoms with E-state index in [2.05, 4.69) is 0 Å². The number of hydrogen-bond acceptors (Lipinski definition) is 3. The van der Waals surface area contributed by atoms with Gasteiger partial charge in [0.15, 0.2) is 0 Å². The van der Waals surface area contributed by atoms with E-state index in [1.54, 1.807) is 36.2 Å². The van der Waals surface area contributed by atoms with Gasteiger partial charge in [-0.15, -0.1) is 0 Å². The fraction of sp³-hybridized carbons (Fsp3) is 0.235. The summed E-state index contributed by atoms with van der Waals surface area (Å²) in [6.45, 7) is 0.492. The Balaban J connectivity index is 2.19. The fourth-order valence-electron chi connectivity index (χ4n) is 2.18. The Kier molecular flexibility index (Phi) is 5.05. The molecule has 0 fully saturated rings. The van der Waals surface area contributed by atoms with Crippen molar-refractivity contribution in [2.75, 3.05) is 24.7 Å². The maximum Gasteiger partial charge on any atom is 0.253 e. The lowest BCUT2D eigenvalue weighted by Gasteiger charge is -2.20. The lowest BCUT2D eigenvalue weighted by atomic mass is 10.1. The number of carbonyl (C=O) groups excluding carboxylic acids is 1. The second-order valence-electron chi connectivity index (χ2n) is 5.43. The van der Waals surface area contributed by atoms with Crippen molar-refractivity contribution < 1.29 is 13.2 Å². The van der Waals surface area contributed by atoms with Gasteiger partial charge in [0, 0.05) is 26.2 Å². The Hall–Kier alpha value is -2.34. The number of sulfonamides is 1. The molecule has 0 saturated heterocycles. The van der Waals surface area contributed by atoms with E-state index in [1.165, 1.54) is 7.05 Å². The first-order valence-electron chi connectivity index (χ1n) is 7.12. The van der Waals surface area contributed by atoms with Crippen molar-refractivity contribution in [1.82, 2.24) is 4.90 Å². The molecule has 2 rings (SSSR count). The topological polar surface area (TPSA) is 57.7 Å². The molecule has 23 heavy (non-hydrogen) atoms. The van der Waals surface area contributed by atoms with E-state index in [0.717, 1.165) is 16.1 Å². The zero-order valence-electron chi connectivity index (χ0n) is 13.4. The van der Waals surface area contributed by atoms with Gasteiger partial charge in [0.1, 0.15) is 0 Å². The molecule has 0 heterocycles. The predicted octanol–water partition coefficient (Wildman–Crippen LogP) is 2.35. The standard InChI is InChI=1S/C17H20N2O3S/c1-18(13-14-8-5-4-6-9-14)17(20)15-10-7-11-16(12-15)19(2)23(3,21)22/h4-12H,13H2,1-3H3. The van der Waals surface area contributed by atoms with Crippen LogP contribution < -0.4 is 4.31 Å². The Bertz CT molecular complexity index is 788. The van der Waals surface area contributed by atoms with Crippen molar-refractivity contribution in [3.05, 3.63) is 65.7 Å². The lowest BCUT2D eigenvalue weighted by Crippen LogP contribution is -2.27. The first-order valence-corrected chi connectivity index (χ1v) is 8.97. The molecule has 0 bridgehead atoms. The summed E-state index contributed by atoms with van der Waals surface area (Å²) in [5, 5.41) is 0. The molecule has 0 saturated carbocycles. The number of benzene rings is 2. The number of rotatable bonds is 5. The minimum absolute atomic E-state index is 0.155. The molecule has 5 nitrogen and oxygen atoms in total. The number of carbonyl (C=O) groups is 1. The third-order valence-corrected chi connectivity index (χ3v) is 4.77. The molecule has 0 aromatic heterocycles. The number of hydrogen-bond donors (Lipinski definition) is 0. The summed E-state index contributed by atoms with van der Waals surface area (Å²) in [5.41, 5.74) is 1.95. The maximum absolute atomic E-state index is 12.5. The highest BCUT2D eigenvalue weighted by Gasteiger charge is 2.16. The smallest absolute Gasteiger partial charge is 0.253 e. The van der Waals surface area contributed by atoms with Crippen LogP contribution in [0.5, 0.6) is 0 Å². The Labute approximate surface area is 137 Å². The van der Waals surface area contributed by atoms with Gasteiger partial charge in [-0.1, -0.05) is 36.4 Å². The second-order valence-corrected chi connectivity index (χ2v) is 7.44. The summed E-state index contributed by atoms with van der Waals surface area (Å²) < 4.78 is 24.4. The molecule has 6 heteroatoms. The molecule has 0 atom stereocenters. The summed E-state index contributed by atoms with van der Waals surface area (Å²) in [6, 6.07) is 16.3. The van der Waals surface area contributed by atoms with Crippen LogP contribution in [0.25, 0.3) is 0 Å². The molecule has 0 aliphatic rings. The number of amides is 1. The Morgan fingerprint density at radius 2 is 1.65 bits per heavy atom. The molecule has 122 valence electrons. The molecule has 0 spiro atoms. The van der Waals surface area contributed by atoms with Crippen LogP contribution in [0.1, 0.15) is 15.9 Å². The van der Waals surface area contributed by atoms with Crippen molar-refractivity contribution in [3.8, 4) is 0 Å². The van der Waals surface area contributed by atoms with Crippen LogP contribution in [-0.4, -0.2) is 39.6 Å². The Morgan fingerprint density at radius 1 is 1.00 bits per heavy atom. The summed E-state index contributed by atoms with van der Waals surface area (Å²) >= 11 is 0. The summed E-state index contributed by atoms with van der Waals surface area (Å²) in [4.78, 5) is 14.1. The van der Waals surface area contributed by atoms with Crippen LogP contribution in [-0.2, 0) is 16.6 Å². The van der Waals surface area contributed by atoms with Crippen molar-refractivity contribution >= 4 is 21.6 Å². The fourth-order valence-corrected chi connectivity index (χ4v) is 2.67. The van der Waals surface area contributed by atoms with E-state index < -0.39 is 10.0 Å². The van der Waals surface area contributed by atoms with Crippen LogP contribution >= 0.6 is 0 Å². The molecule has 0 unspecified atom stereocenters.